The molecule has 0 bridgehead atoms. The van der Waals surface area contributed by atoms with Crippen molar-refractivity contribution in [3.05, 3.63) is 135 Å². The van der Waals surface area contributed by atoms with E-state index in [1.165, 1.54) is 11.2 Å². The van der Waals surface area contributed by atoms with Crippen molar-refractivity contribution in [1.29, 1.82) is 0 Å². The Morgan fingerprint density at radius 1 is 0.919 bits per heavy atom. The molecule has 1 N–H and O–H groups in total. The fraction of sp³-hybridized carbons (Fsp3) is 0.0667. The number of fused-ring (bicyclic) bond motifs is 1. The number of carbonyl (C=O) groups is 1. The Morgan fingerprint density at radius 3 is 2.41 bits per heavy atom. The fourth-order valence-electron chi connectivity index (χ4n) is 4.85. The summed E-state index contributed by atoms with van der Waals surface area (Å²) in [5, 5.41) is 7.19. The Balaban J connectivity index is 1.58. The first-order chi connectivity index (χ1) is 18.1. The molecule has 0 saturated carbocycles. The van der Waals surface area contributed by atoms with E-state index >= 15 is 0 Å². The van der Waals surface area contributed by atoms with Crippen LogP contribution in [0.15, 0.2) is 118 Å². The smallest absolute Gasteiger partial charge is 0.276 e. The van der Waals surface area contributed by atoms with Crippen LogP contribution in [-0.2, 0) is 0 Å². The van der Waals surface area contributed by atoms with Crippen LogP contribution in [0.2, 0.25) is 0 Å². The number of halogens is 1. The van der Waals surface area contributed by atoms with E-state index in [0.29, 0.717) is 23.3 Å². The molecule has 7 heteroatoms. The Bertz CT molecular complexity index is 1700. The molecule has 3 heterocycles. The number of rotatable bonds is 4. The van der Waals surface area contributed by atoms with Gasteiger partial charge in [0.1, 0.15) is 0 Å². The van der Waals surface area contributed by atoms with Crippen molar-refractivity contribution in [2.75, 3.05) is 0 Å². The summed E-state index contributed by atoms with van der Waals surface area (Å²) in [5.74, 6) is -0.266. The first-order valence-electron chi connectivity index (χ1n) is 11.9. The van der Waals surface area contributed by atoms with Crippen LogP contribution in [0.25, 0.3) is 22.0 Å². The molecule has 1 atom stereocenters. The SMILES string of the molecule is O=C(c1cccnc1)N1N=C(c2c(-c3ccccc3)c3cc(Br)ccc3[nH]c2=O)C[C@H]1c1ccccc1. The third-order valence-electron chi connectivity index (χ3n) is 6.54. The molecule has 5 aromatic rings. The van der Waals surface area contributed by atoms with Gasteiger partial charge in [-0.05, 0) is 41.5 Å². The van der Waals surface area contributed by atoms with Crippen LogP contribution in [0.5, 0.6) is 0 Å². The van der Waals surface area contributed by atoms with Gasteiger partial charge in [0.2, 0.25) is 0 Å². The Morgan fingerprint density at radius 2 is 1.68 bits per heavy atom. The molecular formula is C30H21BrN4O2. The first-order valence-corrected chi connectivity index (χ1v) is 12.7. The second-order valence-corrected chi connectivity index (χ2v) is 9.74. The van der Waals surface area contributed by atoms with Gasteiger partial charge in [0.25, 0.3) is 11.5 Å². The molecule has 6 rings (SSSR count). The zero-order chi connectivity index (χ0) is 25.4. The van der Waals surface area contributed by atoms with Gasteiger partial charge in [0, 0.05) is 39.8 Å². The molecule has 0 spiro atoms. The Hall–Kier alpha value is -4.36. The lowest BCUT2D eigenvalue weighted by Crippen LogP contribution is -2.27. The molecule has 6 nitrogen and oxygen atoms in total. The normalized spacial score (nSPS) is 15.1. The minimum atomic E-state index is -0.356. The molecule has 0 radical (unpaired) electrons. The maximum atomic E-state index is 13.6. The second kappa shape index (κ2) is 9.59. The van der Waals surface area contributed by atoms with Crippen molar-refractivity contribution in [1.82, 2.24) is 15.0 Å². The summed E-state index contributed by atoms with van der Waals surface area (Å²) in [6.07, 6.45) is 3.56. The van der Waals surface area contributed by atoms with Crippen LogP contribution in [0, 0.1) is 0 Å². The second-order valence-electron chi connectivity index (χ2n) is 8.83. The lowest BCUT2D eigenvalue weighted by molar-refractivity contribution is 0.0710. The number of hydrazone groups is 1. The Labute approximate surface area is 221 Å². The molecular weight excluding hydrogens is 528 g/mol. The minimum absolute atomic E-state index is 0.241. The summed E-state index contributed by atoms with van der Waals surface area (Å²) in [7, 11) is 0. The highest BCUT2D eigenvalue weighted by atomic mass is 79.9. The highest BCUT2D eigenvalue weighted by molar-refractivity contribution is 9.10. The minimum Gasteiger partial charge on any atom is -0.321 e. The van der Waals surface area contributed by atoms with E-state index in [0.717, 1.165) is 32.1 Å². The molecule has 1 aliphatic rings. The molecule has 0 aliphatic carbocycles. The van der Waals surface area contributed by atoms with E-state index in [2.05, 4.69) is 25.9 Å². The number of nitrogens with zero attached hydrogens (tertiary/aromatic N) is 3. The molecule has 180 valence electrons. The highest BCUT2D eigenvalue weighted by Gasteiger charge is 2.36. The number of pyridine rings is 2. The van der Waals surface area contributed by atoms with Crippen molar-refractivity contribution in [2.24, 2.45) is 5.10 Å². The van der Waals surface area contributed by atoms with Crippen molar-refractivity contribution < 1.29 is 4.79 Å². The number of carbonyl (C=O) groups excluding carboxylic acids is 1. The summed E-state index contributed by atoms with van der Waals surface area (Å²) in [6, 6.07) is 28.5. The summed E-state index contributed by atoms with van der Waals surface area (Å²) in [5.41, 5.74) is 4.61. The number of hydrogen-bond acceptors (Lipinski definition) is 4. The van der Waals surface area contributed by atoms with Gasteiger partial charge < -0.3 is 4.98 Å². The topological polar surface area (TPSA) is 78.4 Å². The summed E-state index contributed by atoms with van der Waals surface area (Å²) < 4.78 is 0.902. The average molecular weight is 549 g/mol. The number of amides is 1. The molecule has 1 amide bonds. The average Bonchev–Trinajstić information content (AvgIpc) is 3.38. The van der Waals surface area contributed by atoms with Crippen molar-refractivity contribution in [3.63, 3.8) is 0 Å². The highest BCUT2D eigenvalue weighted by Crippen LogP contribution is 2.38. The van der Waals surface area contributed by atoms with Crippen LogP contribution in [-0.4, -0.2) is 26.6 Å². The van der Waals surface area contributed by atoms with Gasteiger partial charge in [-0.3, -0.25) is 14.6 Å². The van der Waals surface area contributed by atoms with E-state index < -0.39 is 0 Å². The third kappa shape index (κ3) is 4.27. The van der Waals surface area contributed by atoms with Crippen LogP contribution in [0.4, 0.5) is 0 Å². The van der Waals surface area contributed by atoms with Gasteiger partial charge in [-0.25, -0.2) is 5.01 Å². The lowest BCUT2D eigenvalue weighted by atomic mass is 9.91. The number of benzene rings is 3. The van der Waals surface area contributed by atoms with E-state index in [4.69, 9.17) is 5.10 Å². The van der Waals surface area contributed by atoms with Crippen LogP contribution >= 0.6 is 15.9 Å². The largest absolute Gasteiger partial charge is 0.321 e. The summed E-state index contributed by atoms with van der Waals surface area (Å²) >= 11 is 3.58. The van der Waals surface area contributed by atoms with E-state index in [-0.39, 0.29) is 17.5 Å². The van der Waals surface area contributed by atoms with E-state index in [1.807, 2.05) is 78.9 Å². The molecule has 1 aliphatic heterocycles. The van der Waals surface area contributed by atoms with Gasteiger partial charge in [-0.15, -0.1) is 0 Å². The quantitative estimate of drug-likeness (QED) is 0.284. The number of nitrogens with one attached hydrogen (secondary N) is 1. The molecule has 0 unspecified atom stereocenters. The zero-order valence-electron chi connectivity index (χ0n) is 19.6. The first kappa shape index (κ1) is 23.1. The maximum absolute atomic E-state index is 13.6. The fourth-order valence-corrected chi connectivity index (χ4v) is 5.21. The van der Waals surface area contributed by atoms with Crippen molar-refractivity contribution in [2.45, 2.75) is 12.5 Å². The monoisotopic (exact) mass is 548 g/mol. The molecule has 0 saturated heterocycles. The molecule has 37 heavy (non-hydrogen) atoms. The van der Waals surface area contributed by atoms with Crippen LogP contribution in [0.3, 0.4) is 0 Å². The van der Waals surface area contributed by atoms with Gasteiger partial charge in [-0.2, -0.15) is 5.10 Å². The van der Waals surface area contributed by atoms with Gasteiger partial charge >= 0.3 is 0 Å². The van der Waals surface area contributed by atoms with E-state index in [1.54, 1.807) is 18.3 Å². The maximum Gasteiger partial charge on any atom is 0.276 e. The van der Waals surface area contributed by atoms with Crippen molar-refractivity contribution in [3.8, 4) is 11.1 Å². The van der Waals surface area contributed by atoms with Crippen LogP contribution in [0.1, 0.15) is 33.9 Å². The van der Waals surface area contributed by atoms with Gasteiger partial charge in [0.05, 0.1) is 22.9 Å². The number of hydrogen-bond donors (Lipinski definition) is 1. The molecule has 0 fully saturated rings. The summed E-state index contributed by atoms with van der Waals surface area (Å²) in [4.78, 5) is 34.4. The predicted octanol–water partition coefficient (Wildman–Crippen LogP) is 6.34. The van der Waals surface area contributed by atoms with Gasteiger partial charge in [-0.1, -0.05) is 76.6 Å². The molecule has 2 aromatic heterocycles. The predicted molar refractivity (Wildman–Crippen MR) is 148 cm³/mol. The third-order valence-corrected chi connectivity index (χ3v) is 7.03. The summed E-state index contributed by atoms with van der Waals surface area (Å²) in [6.45, 7) is 0. The van der Waals surface area contributed by atoms with E-state index in [9.17, 15) is 9.59 Å². The molecule has 3 aromatic carbocycles. The van der Waals surface area contributed by atoms with Crippen molar-refractivity contribution >= 4 is 38.5 Å². The number of aromatic nitrogens is 2. The standard InChI is InChI=1S/C30H21BrN4O2/c31-22-13-14-24-23(16-22)27(20-10-5-2-6-11-20)28(29(36)33-24)25-17-26(19-8-3-1-4-9-19)35(34-25)30(37)21-12-7-15-32-18-21/h1-16,18,26H,17H2,(H,33,36)/t26-/m0/s1. The van der Waals surface area contributed by atoms with Gasteiger partial charge in [0.15, 0.2) is 0 Å². The lowest BCUT2D eigenvalue weighted by Gasteiger charge is -2.22. The Kier molecular flexibility index (Phi) is 5.98. The number of aromatic amines is 1. The van der Waals surface area contributed by atoms with Crippen LogP contribution < -0.4 is 5.56 Å². The number of H-pyrrole nitrogens is 1. The zero-order valence-corrected chi connectivity index (χ0v) is 21.2.